The highest BCUT2D eigenvalue weighted by Crippen LogP contribution is 2.21. The van der Waals surface area contributed by atoms with Gasteiger partial charge in [0.2, 0.25) is 15.9 Å². The Kier molecular flexibility index (Phi) is 7.90. The van der Waals surface area contributed by atoms with Crippen LogP contribution < -0.4 is 10.1 Å². The van der Waals surface area contributed by atoms with Crippen molar-refractivity contribution in [3.63, 3.8) is 0 Å². The summed E-state index contributed by atoms with van der Waals surface area (Å²) in [5.41, 5.74) is 1.14. The highest BCUT2D eigenvalue weighted by Gasteiger charge is 2.31. The lowest BCUT2D eigenvalue weighted by Crippen LogP contribution is -2.46. The zero-order valence-electron chi connectivity index (χ0n) is 15.7. The van der Waals surface area contributed by atoms with Gasteiger partial charge >= 0.3 is 0 Å². The number of hydrogen-bond donors (Lipinski definition) is 1. The summed E-state index contributed by atoms with van der Waals surface area (Å²) in [5.74, 6) is 0.689. The monoisotopic (exact) mass is 382 g/mol. The predicted molar refractivity (Wildman–Crippen MR) is 103 cm³/mol. The van der Waals surface area contributed by atoms with E-state index in [0.29, 0.717) is 26.2 Å². The minimum atomic E-state index is -3.22. The maximum Gasteiger partial charge on any atom is 0.224 e. The van der Waals surface area contributed by atoms with E-state index in [1.54, 1.807) is 6.92 Å². The van der Waals surface area contributed by atoms with Gasteiger partial charge in [0.15, 0.2) is 0 Å². The first-order chi connectivity index (χ1) is 12.5. The fourth-order valence-electron chi connectivity index (χ4n) is 3.23. The third-order valence-electron chi connectivity index (χ3n) is 4.71. The molecule has 1 fully saturated rings. The minimum absolute atomic E-state index is 0.0425. The van der Waals surface area contributed by atoms with Crippen LogP contribution in [0.4, 0.5) is 0 Å². The molecule has 0 spiro atoms. The number of carbonyl (C=O) groups is 1. The largest absolute Gasteiger partial charge is 0.494 e. The lowest BCUT2D eigenvalue weighted by molar-refractivity contribution is -0.126. The molecule has 1 amide bonds. The Labute approximate surface area is 157 Å². The molecule has 1 N–H and O–H groups in total. The number of aryl methyl sites for hydroxylation is 1. The molecule has 1 aliphatic rings. The number of para-hydroxylation sites is 1. The number of nitrogens with one attached hydrogen (secondary N) is 1. The third-order valence-corrected chi connectivity index (χ3v) is 6.56. The van der Waals surface area contributed by atoms with Gasteiger partial charge in [-0.3, -0.25) is 4.79 Å². The lowest BCUT2D eigenvalue weighted by atomic mass is 9.99. The van der Waals surface area contributed by atoms with E-state index in [4.69, 9.17) is 4.74 Å². The van der Waals surface area contributed by atoms with Crippen molar-refractivity contribution in [1.82, 2.24) is 9.62 Å². The number of carbonyl (C=O) groups excluding carboxylic acids is 1. The second kappa shape index (κ2) is 9.92. The molecule has 0 aromatic heterocycles. The molecule has 1 saturated heterocycles. The van der Waals surface area contributed by atoms with E-state index in [0.717, 1.165) is 37.0 Å². The molecular formula is C19H30N2O4S. The standard InChI is InChI=1S/C19H30N2O4S/c1-3-25-18-12-6-5-9-16(18)10-7-13-20-19(22)17-11-8-14-21(15-17)26(23,24)4-2/h5-6,9,12,17H,3-4,7-8,10-11,13-15H2,1-2H3,(H,20,22)/t17-/m0/s1. The fraction of sp³-hybridized carbons (Fsp3) is 0.632. The van der Waals surface area contributed by atoms with Crippen LogP contribution in [0.1, 0.15) is 38.7 Å². The normalized spacial score (nSPS) is 18.5. The number of nitrogens with zero attached hydrogens (tertiary/aromatic N) is 1. The third kappa shape index (κ3) is 5.71. The molecule has 0 aliphatic carbocycles. The van der Waals surface area contributed by atoms with Gasteiger partial charge in [0.1, 0.15) is 5.75 Å². The van der Waals surface area contributed by atoms with Crippen molar-refractivity contribution in [2.45, 2.75) is 39.5 Å². The topological polar surface area (TPSA) is 75.7 Å². The lowest BCUT2D eigenvalue weighted by Gasteiger charge is -2.30. The van der Waals surface area contributed by atoms with E-state index in [1.807, 2.05) is 31.2 Å². The summed E-state index contributed by atoms with van der Waals surface area (Å²) in [4.78, 5) is 12.4. The van der Waals surface area contributed by atoms with Crippen molar-refractivity contribution < 1.29 is 17.9 Å². The van der Waals surface area contributed by atoms with Gasteiger partial charge in [0.05, 0.1) is 18.3 Å². The SMILES string of the molecule is CCOc1ccccc1CCCNC(=O)[C@H]1CCCN(S(=O)(=O)CC)C1. The summed E-state index contributed by atoms with van der Waals surface area (Å²) in [5, 5.41) is 2.96. The first-order valence-electron chi connectivity index (χ1n) is 9.44. The van der Waals surface area contributed by atoms with Gasteiger partial charge in [-0.25, -0.2) is 12.7 Å². The second-order valence-electron chi connectivity index (χ2n) is 6.53. The molecule has 0 saturated carbocycles. The van der Waals surface area contributed by atoms with Gasteiger partial charge in [0.25, 0.3) is 0 Å². The molecule has 1 aromatic rings. The Morgan fingerprint density at radius 2 is 2.08 bits per heavy atom. The molecule has 0 bridgehead atoms. The van der Waals surface area contributed by atoms with Crippen LogP contribution in [-0.4, -0.2) is 50.6 Å². The second-order valence-corrected chi connectivity index (χ2v) is 8.79. The smallest absolute Gasteiger partial charge is 0.224 e. The zero-order chi connectivity index (χ0) is 19.0. The van der Waals surface area contributed by atoms with Crippen molar-refractivity contribution in [3.05, 3.63) is 29.8 Å². The Morgan fingerprint density at radius 3 is 2.81 bits per heavy atom. The number of amides is 1. The van der Waals surface area contributed by atoms with Crippen LogP contribution in [0, 0.1) is 5.92 Å². The fourth-order valence-corrected chi connectivity index (χ4v) is 4.41. The molecule has 0 radical (unpaired) electrons. The average molecular weight is 383 g/mol. The van der Waals surface area contributed by atoms with Crippen LogP contribution >= 0.6 is 0 Å². The molecule has 26 heavy (non-hydrogen) atoms. The molecular weight excluding hydrogens is 352 g/mol. The van der Waals surface area contributed by atoms with Gasteiger partial charge in [-0.1, -0.05) is 18.2 Å². The van der Waals surface area contributed by atoms with Gasteiger partial charge in [-0.2, -0.15) is 0 Å². The van der Waals surface area contributed by atoms with E-state index in [9.17, 15) is 13.2 Å². The van der Waals surface area contributed by atoms with Gasteiger partial charge in [-0.15, -0.1) is 0 Å². The first-order valence-corrected chi connectivity index (χ1v) is 11.0. The van der Waals surface area contributed by atoms with Crippen LogP contribution in [0.3, 0.4) is 0 Å². The van der Waals surface area contributed by atoms with E-state index < -0.39 is 10.0 Å². The Hall–Kier alpha value is -1.60. The maximum absolute atomic E-state index is 12.4. The molecule has 6 nitrogen and oxygen atoms in total. The Bertz CT molecular complexity index is 691. The highest BCUT2D eigenvalue weighted by molar-refractivity contribution is 7.89. The number of piperidine rings is 1. The average Bonchev–Trinajstić information content (AvgIpc) is 2.66. The molecule has 1 atom stereocenters. The summed E-state index contributed by atoms with van der Waals surface area (Å²) in [6.07, 6.45) is 3.13. The first kappa shape index (κ1) is 20.7. The van der Waals surface area contributed by atoms with E-state index >= 15 is 0 Å². The summed E-state index contributed by atoms with van der Waals surface area (Å²) in [6, 6.07) is 7.94. The van der Waals surface area contributed by atoms with Crippen LogP contribution in [0.15, 0.2) is 24.3 Å². The summed E-state index contributed by atoms with van der Waals surface area (Å²) < 4.78 is 31.1. The van der Waals surface area contributed by atoms with Crippen LogP contribution in [0.2, 0.25) is 0 Å². The summed E-state index contributed by atoms with van der Waals surface area (Å²) in [7, 11) is -3.22. The number of sulfonamides is 1. The molecule has 0 unspecified atom stereocenters. The van der Waals surface area contributed by atoms with E-state index in [2.05, 4.69) is 5.32 Å². The van der Waals surface area contributed by atoms with E-state index in [-0.39, 0.29) is 17.6 Å². The van der Waals surface area contributed by atoms with Crippen molar-refractivity contribution >= 4 is 15.9 Å². The molecule has 1 heterocycles. The molecule has 1 aromatic carbocycles. The number of benzene rings is 1. The number of rotatable bonds is 9. The van der Waals surface area contributed by atoms with Gasteiger partial charge in [-0.05, 0) is 51.2 Å². The van der Waals surface area contributed by atoms with Crippen molar-refractivity contribution in [3.8, 4) is 5.75 Å². The van der Waals surface area contributed by atoms with Crippen LogP contribution in [0.25, 0.3) is 0 Å². The maximum atomic E-state index is 12.4. The Balaban J connectivity index is 1.78. The predicted octanol–water partition coefficient (Wildman–Crippen LogP) is 2.20. The van der Waals surface area contributed by atoms with Gasteiger partial charge < -0.3 is 10.1 Å². The van der Waals surface area contributed by atoms with Crippen LogP contribution in [-0.2, 0) is 21.2 Å². The summed E-state index contributed by atoms with van der Waals surface area (Å²) in [6.45, 7) is 5.63. The number of hydrogen-bond acceptors (Lipinski definition) is 4. The van der Waals surface area contributed by atoms with Crippen LogP contribution in [0.5, 0.6) is 5.75 Å². The molecule has 146 valence electrons. The van der Waals surface area contributed by atoms with Crippen molar-refractivity contribution in [2.75, 3.05) is 32.0 Å². The van der Waals surface area contributed by atoms with Crippen molar-refractivity contribution in [1.29, 1.82) is 0 Å². The van der Waals surface area contributed by atoms with Crippen molar-refractivity contribution in [2.24, 2.45) is 5.92 Å². The molecule has 2 rings (SSSR count). The zero-order valence-corrected chi connectivity index (χ0v) is 16.6. The minimum Gasteiger partial charge on any atom is -0.494 e. The Morgan fingerprint density at radius 1 is 1.31 bits per heavy atom. The molecule has 1 aliphatic heterocycles. The summed E-state index contributed by atoms with van der Waals surface area (Å²) >= 11 is 0. The molecule has 7 heteroatoms. The number of ether oxygens (including phenoxy) is 1. The van der Waals surface area contributed by atoms with Gasteiger partial charge in [0, 0.05) is 19.6 Å². The highest BCUT2D eigenvalue weighted by atomic mass is 32.2. The van der Waals surface area contributed by atoms with E-state index in [1.165, 1.54) is 4.31 Å². The quantitative estimate of drug-likeness (QED) is 0.665.